The maximum atomic E-state index is 5.50. The maximum Gasteiger partial charge on any atom is 0.188 e. The van der Waals surface area contributed by atoms with Crippen LogP contribution in [0.25, 0.3) is 11.5 Å². The minimum Gasteiger partial charge on any atom is -0.354 e. The number of hydrogen-bond donors (Lipinski definition) is 0. The molecule has 0 amide bonds. The Labute approximate surface area is 121 Å². The average molecular weight is 321 g/mol. The first kappa shape index (κ1) is 12.9. The predicted molar refractivity (Wildman–Crippen MR) is 77.8 cm³/mol. The maximum absolute atomic E-state index is 5.50. The molecule has 3 rings (SSSR count). The van der Waals surface area contributed by atoms with Gasteiger partial charge in [0.05, 0.1) is 5.69 Å². The van der Waals surface area contributed by atoms with E-state index in [1.54, 1.807) is 6.20 Å². The Balaban J connectivity index is 1.91. The summed E-state index contributed by atoms with van der Waals surface area (Å²) in [4.78, 5) is 4.42. The van der Waals surface area contributed by atoms with E-state index in [1.165, 1.54) is 31.2 Å². The van der Waals surface area contributed by atoms with Crippen LogP contribution in [-0.2, 0) is 6.42 Å². The number of halogens is 1. The molecule has 2 aromatic heterocycles. The molecule has 4 heteroatoms. The first-order chi connectivity index (χ1) is 9.24. The van der Waals surface area contributed by atoms with Crippen LogP contribution in [0, 0.1) is 12.8 Å². The summed E-state index contributed by atoms with van der Waals surface area (Å²) in [6, 6.07) is 3.96. The normalized spacial score (nSPS) is 16.1. The molecular weight excluding hydrogens is 304 g/mol. The van der Waals surface area contributed by atoms with E-state index in [9.17, 15) is 0 Å². The molecule has 1 saturated carbocycles. The quantitative estimate of drug-likeness (QED) is 0.833. The molecule has 0 radical (unpaired) electrons. The van der Waals surface area contributed by atoms with Crippen molar-refractivity contribution >= 4 is 15.9 Å². The van der Waals surface area contributed by atoms with Crippen molar-refractivity contribution in [2.45, 2.75) is 39.0 Å². The molecule has 0 bridgehead atoms. The van der Waals surface area contributed by atoms with Gasteiger partial charge in [0, 0.05) is 16.2 Å². The van der Waals surface area contributed by atoms with E-state index in [4.69, 9.17) is 4.52 Å². The van der Waals surface area contributed by atoms with Gasteiger partial charge >= 0.3 is 0 Å². The van der Waals surface area contributed by atoms with Crippen molar-refractivity contribution in [3.8, 4) is 11.5 Å². The highest BCUT2D eigenvalue weighted by Crippen LogP contribution is 2.33. The van der Waals surface area contributed by atoms with Crippen LogP contribution in [0.5, 0.6) is 0 Å². The fourth-order valence-corrected chi connectivity index (χ4v) is 3.08. The molecule has 0 N–H and O–H groups in total. The molecule has 2 heterocycles. The molecule has 0 aromatic carbocycles. The van der Waals surface area contributed by atoms with E-state index in [1.807, 2.05) is 19.1 Å². The van der Waals surface area contributed by atoms with Crippen LogP contribution in [0.4, 0.5) is 0 Å². The van der Waals surface area contributed by atoms with E-state index < -0.39 is 0 Å². The van der Waals surface area contributed by atoms with Gasteiger partial charge in [-0.25, -0.2) is 0 Å². The molecular formula is C15H17BrN2O. The summed E-state index contributed by atoms with van der Waals surface area (Å²) in [5.41, 5.74) is 3.12. The molecule has 1 aliphatic rings. The number of pyridine rings is 1. The molecule has 0 spiro atoms. The third kappa shape index (κ3) is 2.73. The fourth-order valence-electron chi connectivity index (χ4n) is 2.84. The summed E-state index contributed by atoms with van der Waals surface area (Å²) in [6.45, 7) is 2.02. The Hall–Kier alpha value is -1.16. The van der Waals surface area contributed by atoms with Crippen LogP contribution in [0.3, 0.4) is 0 Å². The highest BCUT2D eigenvalue weighted by molar-refractivity contribution is 9.10. The van der Waals surface area contributed by atoms with Crippen molar-refractivity contribution in [2.75, 3.05) is 0 Å². The first-order valence-corrected chi connectivity index (χ1v) is 7.60. The number of aromatic nitrogens is 2. The second kappa shape index (κ2) is 5.45. The van der Waals surface area contributed by atoms with Gasteiger partial charge in [-0.2, -0.15) is 0 Å². The van der Waals surface area contributed by atoms with Gasteiger partial charge in [-0.3, -0.25) is 4.98 Å². The SMILES string of the molecule is Cc1noc(-c2ccc(Br)cn2)c1CC1CCCC1. The molecule has 3 nitrogen and oxygen atoms in total. The van der Waals surface area contributed by atoms with E-state index in [2.05, 4.69) is 26.1 Å². The Kier molecular flexibility index (Phi) is 3.69. The zero-order chi connectivity index (χ0) is 13.2. The molecule has 100 valence electrons. The highest BCUT2D eigenvalue weighted by atomic mass is 79.9. The second-order valence-electron chi connectivity index (χ2n) is 5.29. The molecule has 0 unspecified atom stereocenters. The van der Waals surface area contributed by atoms with Crippen molar-refractivity contribution in [2.24, 2.45) is 5.92 Å². The minimum atomic E-state index is 0.785. The average Bonchev–Trinajstić information content (AvgIpc) is 3.03. The summed E-state index contributed by atoms with van der Waals surface area (Å²) in [5, 5.41) is 4.13. The molecule has 0 saturated heterocycles. The molecule has 0 aliphatic heterocycles. The Morgan fingerprint density at radius 2 is 2.11 bits per heavy atom. The molecule has 0 atom stereocenters. The van der Waals surface area contributed by atoms with Gasteiger partial charge in [0.15, 0.2) is 5.76 Å². The largest absolute Gasteiger partial charge is 0.354 e. The van der Waals surface area contributed by atoms with Crippen LogP contribution in [-0.4, -0.2) is 10.1 Å². The van der Waals surface area contributed by atoms with E-state index in [-0.39, 0.29) is 0 Å². The van der Waals surface area contributed by atoms with Gasteiger partial charge in [0.1, 0.15) is 5.69 Å². The topological polar surface area (TPSA) is 38.9 Å². The van der Waals surface area contributed by atoms with Gasteiger partial charge in [0.25, 0.3) is 0 Å². The van der Waals surface area contributed by atoms with Gasteiger partial charge in [-0.1, -0.05) is 30.8 Å². The molecule has 2 aromatic rings. The highest BCUT2D eigenvalue weighted by Gasteiger charge is 2.22. The fraction of sp³-hybridized carbons (Fsp3) is 0.467. The lowest BCUT2D eigenvalue weighted by Gasteiger charge is -2.08. The summed E-state index contributed by atoms with van der Waals surface area (Å²) in [7, 11) is 0. The van der Waals surface area contributed by atoms with Crippen LogP contribution in [0.15, 0.2) is 27.3 Å². The van der Waals surface area contributed by atoms with Gasteiger partial charge in [-0.05, 0) is 47.3 Å². The van der Waals surface area contributed by atoms with Crippen molar-refractivity contribution in [3.63, 3.8) is 0 Å². The lowest BCUT2D eigenvalue weighted by molar-refractivity contribution is 0.425. The van der Waals surface area contributed by atoms with Gasteiger partial charge in [-0.15, -0.1) is 0 Å². The van der Waals surface area contributed by atoms with Gasteiger partial charge in [0.2, 0.25) is 0 Å². The molecule has 1 aliphatic carbocycles. The zero-order valence-electron chi connectivity index (χ0n) is 11.0. The van der Waals surface area contributed by atoms with Crippen molar-refractivity contribution in [3.05, 3.63) is 34.1 Å². The summed E-state index contributed by atoms with van der Waals surface area (Å²) in [5.74, 6) is 1.63. The van der Waals surface area contributed by atoms with E-state index in [0.717, 1.165) is 34.0 Å². The van der Waals surface area contributed by atoms with Crippen molar-refractivity contribution in [1.29, 1.82) is 0 Å². The molecule has 19 heavy (non-hydrogen) atoms. The Morgan fingerprint density at radius 3 is 2.79 bits per heavy atom. The van der Waals surface area contributed by atoms with E-state index >= 15 is 0 Å². The summed E-state index contributed by atoms with van der Waals surface area (Å²) in [6.07, 6.45) is 8.26. The number of nitrogens with zero attached hydrogens (tertiary/aromatic N) is 2. The zero-order valence-corrected chi connectivity index (χ0v) is 12.6. The lowest BCUT2D eigenvalue weighted by Crippen LogP contribution is -2.01. The van der Waals surface area contributed by atoms with Crippen molar-refractivity contribution in [1.82, 2.24) is 10.1 Å². The second-order valence-corrected chi connectivity index (χ2v) is 6.21. The Morgan fingerprint density at radius 1 is 1.32 bits per heavy atom. The minimum absolute atomic E-state index is 0.785. The standard InChI is InChI=1S/C15H17BrN2O/c1-10-13(8-11-4-2-3-5-11)15(19-18-10)14-7-6-12(16)9-17-14/h6-7,9,11H,2-5,8H2,1H3. The summed E-state index contributed by atoms with van der Waals surface area (Å²) >= 11 is 3.40. The third-order valence-corrected chi connectivity index (χ3v) is 4.38. The van der Waals surface area contributed by atoms with Gasteiger partial charge < -0.3 is 4.52 Å². The monoisotopic (exact) mass is 320 g/mol. The molecule has 1 fully saturated rings. The van der Waals surface area contributed by atoms with Crippen LogP contribution in [0.1, 0.15) is 36.9 Å². The Bertz CT molecular complexity index is 556. The number of hydrogen-bond acceptors (Lipinski definition) is 3. The summed E-state index contributed by atoms with van der Waals surface area (Å²) < 4.78 is 6.48. The van der Waals surface area contributed by atoms with Crippen LogP contribution >= 0.6 is 15.9 Å². The number of aryl methyl sites for hydroxylation is 1. The van der Waals surface area contributed by atoms with E-state index in [0.29, 0.717) is 0 Å². The lowest BCUT2D eigenvalue weighted by atomic mass is 9.96. The van der Waals surface area contributed by atoms with Crippen LogP contribution in [0.2, 0.25) is 0 Å². The smallest absolute Gasteiger partial charge is 0.188 e. The van der Waals surface area contributed by atoms with Crippen molar-refractivity contribution < 1.29 is 4.52 Å². The third-order valence-electron chi connectivity index (χ3n) is 3.91. The first-order valence-electron chi connectivity index (χ1n) is 6.81. The number of rotatable bonds is 3. The predicted octanol–water partition coefficient (Wildman–Crippen LogP) is 4.54. The van der Waals surface area contributed by atoms with Crippen LogP contribution < -0.4 is 0 Å².